The molecule has 21 heavy (non-hydrogen) atoms. The number of carbonyl (C=O) groups is 1. The standard InChI is InChI=1S/C16H18ClN3O/c1-20(10-12-3-2-4-13(17)9-12)11-16(21)19-15-7-5-14(18)6-8-15/h2-9H,10-11,18H2,1H3,(H,19,21). The maximum absolute atomic E-state index is 12.0. The molecule has 0 bridgehead atoms. The van der Waals surface area contributed by atoms with Gasteiger partial charge in [-0.25, -0.2) is 0 Å². The first-order valence-electron chi connectivity index (χ1n) is 6.61. The zero-order chi connectivity index (χ0) is 15.2. The number of carbonyl (C=O) groups excluding carboxylic acids is 1. The lowest BCUT2D eigenvalue weighted by atomic mass is 10.2. The van der Waals surface area contributed by atoms with E-state index in [9.17, 15) is 4.79 Å². The van der Waals surface area contributed by atoms with Gasteiger partial charge in [0, 0.05) is 22.9 Å². The van der Waals surface area contributed by atoms with Crippen molar-refractivity contribution in [1.29, 1.82) is 0 Å². The Kier molecular flexibility index (Phi) is 5.20. The van der Waals surface area contributed by atoms with Gasteiger partial charge in [-0.05, 0) is 49.0 Å². The van der Waals surface area contributed by atoms with E-state index in [2.05, 4.69) is 5.32 Å². The molecule has 1 amide bonds. The molecular formula is C16H18ClN3O. The van der Waals surface area contributed by atoms with E-state index in [4.69, 9.17) is 17.3 Å². The molecule has 0 aliphatic rings. The van der Waals surface area contributed by atoms with Crippen molar-refractivity contribution in [2.75, 3.05) is 24.6 Å². The van der Waals surface area contributed by atoms with Gasteiger partial charge in [-0.1, -0.05) is 23.7 Å². The van der Waals surface area contributed by atoms with Crippen molar-refractivity contribution in [2.45, 2.75) is 6.54 Å². The van der Waals surface area contributed by atoms with Crippen molar-refractivity contribution < 1.29 is 4.79 Å². The molecule has 0 atom stereocenters. The lowest BCUT2D eigenvalue weighted by Gasteiger charge is -2.16. The van der Waals surface area contributed by atoms with E-state index in [0.717, 1.165) is 11.3 Å². The van der Waals surface area contributed by atoms with Crippen LogP contribution >= 0.6 is 11.6 Å². The summed E-state index contributed by atoms with van der Waals surface area (Å²) in [5.41, 5.74) is 8.09. The van der Waals surface area contributed by atoms with Gasteiger partial charge in [0.15, 0.2) is 0 Å². The molecule has 0 aliphatic carbocycles. The van der Waals surface area contributed by atoms with Gasteiger partial charge >= 0.3 is 0 Å². The van der Waals surface area contributed by atoms with Crippen LogP contribution in [0, 0.1) is 0 Å². The van der Waals surface area contributed by atoms with E-state index in [1.54, 1.807) is 24.3 Å². The summed E-state index contributed by atoms with van der Waals surface area (Å²) in [6.07, 6.45) is 0. The zero-order valence-corrected chi connectivity index (χ0v) is 12.6. The van der Waals surface area contributed by atoms with Crippen LogP contribution in [0.25, 0.3) is 0 Å². The molecule has 110 valence electrons. The van der Waals surface area contributed by atoms with Gasteiger partial charge in [0.25, 0.3) is 0 Å². The monoisotopic (exact) mass is 303 g/mol. The maximum Gasteiger partial charge on any atom is 0.238 e. The number of hydrogen-bond donors (Lipinski definition) is 2. The molecule has 0 heterocycles. The van der Waals surface area contributed by atoms with Crippen LogP contribution in [0.1, 0.15) is 5.56 Å². The van der Waals surface area contributed by atoms with Gasteiger partial charge in [-0.3, -0.25) is 9.69 Å². The van der Waals surface area contributed by atoms with E-state index in [1.165, 1.54) is 0 Å². The van der Waals surface area contributed by atoms with Crippen molar-refractivity contribution in [2.24, 2.45) is 0 Å². The van der Waals surface area contributed by atoms with E-state index in [-0.39, 0.29) is 5.91 Å². The Morgan fingerprint density at radius 1 is 1.24 bits per heavy atom. The Balaban J connectivity index is 1.86. The first kappa shape index (κ1) is 15.4. The number of amides is 1. The summed E-state index contributed by atoms with van der Waals surface area (Å²) in [5, 5.41) is 3.54. The molecule has 0 unspecified atom stereocenters. The molecule has 3 N–H and O–H groups in total. The van der Waals surface area contributed by atoms with Gasteiger partial charge in [0.2, 0.25) is 5.91 Å². The molecule has 2 rings (SSSR count). The average molecular weight is 304 g/mol. The molecule has 4 nitrogen and oxygen atoms in total. The number of halogens is 1. The quantitative estimate of drug-likeness (QED) is 0.835. The molecular weight excluding hydrogens is 286 g/mol. The summed E-state index contributed by atoms with van der Waals surface area (Å²) in [5.74, 6) is -0.0655. The predicted octanol–water partition coefficient (Wildman–Crippen LogP) is 2.99. The Labute approximate surface area is 129 Å². The van der Waals surface area contributed by atoms with Gasteiger partial charge in [-0.15, -0.1) is 0 Å². The van der Waals surface area contributed by atoms with Crippen molar-refractivity contribution in [3.8, 4) is 0 Å². The molecule has 0 saturated carbocycles. The average Bonchev–Trinajstić information content (AvgIpc) is 2.41. The Bertz CT molecular complexity index is 613. The smallest absolute Gasteiger partial charge is 0.238 e. The highest BCUT2D eigenvalue weighted by Gasteiger charge is 2.07. The fourth-order valence-corrected chi connectivity index (χ4v) is 2.23. The van der Waals surface area contributed by atoms with Crippen LogP contribution < -0.4 is 11.1 Å². The lowest BCUT2D eigenvalue weighted by molar-refractivity contribution is -0.117. The first-order valence-corrected chi connectivity index (χ1v) is 6.99. The third-order valence-corrected chi connectivity index (χ3v) is 3.18. The first-order chi connectivity index (χ1) is 10.0. The number of hydrogen-bond acceptors (Lipinski definition) is 3. The van der Waals surface area contributed by atoms with Crippen LogP contribution in [0.15, 0.2) is 48.5 Å². The second-order valence-electron chi connectivity index (χ2n) is 4.97. The Morgan fingerprint density at radius 2 is 1.95 bits per heavy atom. The summed E-state index contributed by atoms with van der Waals surface area (Å²) in [6.45, 7) is 0.965. The molecule has 2 aromatic carbocycles. The van der Waals surface area contributed by atoms with Gasteiger partial charge in [0.1, 0.15) is 0 Å². The highest BCUT2D eigenvalue weighted by Crippen LogP contribution is 2.13. The number of rotatable bonds is 5. The highest BCUT2D eigenvalue weighted by molar-refractivity contribution is 6.30. The van der Waals surface area contributed by atoms with Crippen LogP contribution in [-0.2, 0) is 11.3 Å². The van der Waals surface area contributed by atoms with Crippen LogP contribution in [-0.4, -0.2) is 24.4 Å². The van der Waals surface area contributed by atoms with Crippen molar-refractivity contribution >= 4 is 28.9 Å². The summed E-state index contributed by atoms with van der Waals surface area (Å²) < 4.78 is 0. The maximum atomic E-state index is 12.0. The third-order valence-electron chi connectivity index (χ3n) is 2.95. The van der Waals surface area contributed by atoms with E-state index in [1.807, 2.05) is 36.2 Å². The molecule has 0 spiro atoms. The molecule has 0 aromatic heterocycles. The SMILES string of the molecule is CN(CC(=O)Nc1ccc(N)cc1)Cc1cccc(Cl)c1. The second-order valence-corrected chi connectivity index (χ2v) is 5.41. The summed E-state index contributed by atoms with van der Waals surface area (Å²) in [6, 6.07) is 14.7. The van der Waals surface area contributed by atoms with Crippen LogP contribution in [0.4, 0.5) is 11.4 Å². The number of nitrogens with one attached hydrogen (secondary N) is 1. The second kappa shape index (κ2) is 7.11. The largest absolute Gasteiger partial charge is 0.399 e. The van der Waals surface area contributed by atoms with Gasteiger partial charge < -0.3 is 11.1 Å². The zero-order valence-electron chi connectivity index (χ0n) is 11.8. The molecule has 5 heteroatoms. The van der Waals surface area contributed by atoms with E-state index >= 15 is 0 Å². The fourth-order valence-electron chi connectivity index (χ4n) is 2.02. The molecule has 0 aliphatic heterocycles. The topological polar surface area (TPSA) is 58.4 Å². The molecule has 0 fully saturated rings. The molecule has 2 aromatic rings. The van der Waals surface area contributed by atoms with Gasteiger partial charge in [-0.2, -0.15) is 0 Å². The van der Waals surface area contributed by atoms with Crippen LogP contribution in [0.3, 0.4) is 0 Å². The fraction of sp³-hybridized carbons (Fsp3) is 0.188. The van der Waals surface area contributed by atoms with Crippen molar-refractivity contribution in [3.63, 3.8) is 0 Å². The molecule has 0 saturated heterocycles. The number of benzene rings is 2. The van der Waals surface area contributed by atoms with Crippen molar-refractivity contribution in [3.05, 3.63) is 59.1 Å². The predicted molar refractivity (Wildman–Crippen MR) is 87.3 cm³/mol. The lowest BCUT2D eigenvalue weighted by Crippen LogP contribution is -2.29. The minimum absolute atomic E-state index is 0.0655. The van der Waals surface area contributed by atoms with Gasteiger partial charge in [0.05, 0.1) is 6.54 Å². The number of nitrogens with two attached hydrogens (primary N) is 1. The summed E-state index contributed by atoms with van der Waals surface area (Å²) in [4.78, 5) is 13.9. The normalized spacial score (nSPS) is 10.6. The third kappa shape index (κ3) is 5.10. The summed E-state index contributed by atoms with van der Waals surface area (Å²) >= 11 is 5.95. The van der Waals surface area contributed by atoms with Crippen LogP contribution in [0.2, 0.25) is 5.02 Å². The van der Waals surface area contributed by atoms with Crippen LogP contribution in [0.5, 0.6) is 0 Å². The molecule has 0 radical (unpaired) electrons. The number of nitrogens with zero attached hydrogens (tertiary/aromatic N) is 1. The summed E-state index contributed by atoms with van der Waals surface area (Å²) in [7, 11) is 1.89. The highest BCUT2D eigenvalue weighted by atomic mass is 35.5. The van der Waals surface area contributed by atoms with E-state index in [0.29, 0.717) is 23.8 Å². The minimum atomic E-state index is -0.0655. The number of nitrogen functional groups attached to an aromatic ring is 1. The Hall–Kier alpha value is -2.04. The number of anilines is 2. The number of likely N-dealkylation sites (N-methyl/N-ethyl adjacent to an activating group) is 1. The van der Waals surface area contributed by atoms with E-state index < -0.39 is 0 Å². The Morgan fingerprint density at radius 3 is 2.62 bits per heavy atom. The van der Waals surface area contributed by atoms with Crippen molar-refractivity contribution in [1.82, 2.24) is 4.90 Å². The minimum Gasteiger partial charge on any atom is -0.399 e.